The molecule has 1 saturated heterocycles. The minimum Gasteiger partial charge on any atom is -0.459 e. The molecule has 448 valence electrons. The van der Waals surface area contributed by atoms with Gasteiger partial charge in [-0.05, 0) is 64.4 Å². The van der Waals surface area contributed by atoms with Crippen molar-refractivity contribution in [1.82, 2.24) is 52.8 Å². The molecular formula is C53H84ClN11O15. The molecule has 13 N–H and O–H groups in total. The largest absolute Gasteiger partial charge is 0.459 e. The topological polar surface area (TPSA) is 392 Å². The molecule has 0 aromatic heterocycles. The SMILES string of the molecule is CCC[C@H]1NC(=O)CNC(=O)[C@H](Cc2ccccc2)NC(=O)[C@@H]([C@@H](C)O)NC(=O)[C@H](CC(N)=O)NC(=O)[C@H]([C@H](C)[C@@H](C)Cl)NC(=O)[C@@H](CC(C)C)N(C)C(=O)[C@@H](C)NC(=O)C[C@@H](O)[C@@H](NC(=O)[C@@H](CC(C)C)NC=O)[C@H](C)OC1=O. The summed E-state index contributed by atoms with van der Waals surface area (Å²) in [5.41, 5.74) is 6.03. The van der Waals surface area contributed by atoms with Gasteiger partial charge in [0.25, 0.3) is 0 Å². The first-order chi connectivity index (χ1) is 37.4. The molecule has 80 heavy (non-hydrogen) atoms. The van der Waals surface area contributed by atoms with Crippen LogP contribution in [0, 0.1) is 17.8 Å². The zero-order chi connectivity index (χ0) is 60.7. The lowest BCUT2D eigenvalue weighted by molar-refractivity contribution is -0.156. The maximum absolute atomic E-state index is 14.4. The number of nitrogens with zero attached hydrogens (tertiary/aromatic N) is 1. The van der Waals surface area contributed by atoms with E-state index in [1.165, 1.54) is 34.7 Å². The molecule has 0 aliphatic carbocycles. The van der Waals surface area contributed by atoms with E-state index in [0.29, 0.717) is 18.4 Å². The first kappa shape index (κ1) is 69.2. The number of esters is 1. The van der Waals surface area contributed by atoms with Crippen LogP contribution in [0.4, 0.5) is 0 Å². The third-order valence-electron chi connectivity index (χ3n) is 13.2. The summed E-state index contributed by atoms with van der Waals surface area (Å²) in [6, 6.07) is -5.21. The Morgan fingerprint density at radius 1 is 0.800 bits per heavy atom. The third-order valence-corrected chi connectivity index (χ3v) is 13.6. The standard InChI is InChI=1S/C53H84ClN11O15/c1-12-16-34-53(79)80-32(10)45(64-47(73)35(57-25-66)19-26(2)3)39(68)23-41(70)58-30(8)52(78)65(11)38(20-27(4)5)49(75)62-43(28(6)29(7)54)50(76)61-37(22-40(55)69)48(74)63-44(31(9)67)51(77)60-36(21-33-17-14-13-15-18-33)46(72)56-24-42(71)59-34/h13-15,17-18,25-32,34-39,43-45,67-68H,12,16,19-24H2,1-11H3,(H2,55,69)(H,56,72)(H,57,66)(H,58,70)(H,59,71)(H,60,77)(H,61,76)(H,62,75)(H,63,74)(H,64,73)/t28-,29-,30-,31-,32+,34-,35-,36+,37+,38-,39-,43+,44-,45+/m1/s1. The van der Waals surface area contributed by atoms with Gasteiger partial charge >= 0.3 is 5.97 Å². The van der Waals surface area contributed by atoms with Crippen molar-refractivity contribution >= 4 is 83.1 Å². The number of carbonyl (C=O) groups is 12. The van der Waals surface area contributed by atoms with Crippen LogP contribution in [-0.4, -0.2) is 178 Å². The van der Waals surface area contributed by atoms with Crippen LogP contribution in [0.25, 0.3) is 0 Å². The summed E-state index contributed by atoms with van der Waals surface area (Å²) in [4.78, 5) is 164. The zero-order valence-corrected chi connectivity index (χ0v) is 48.2. The van der Waals surface area contributed by atoms with Gasteiger partial charge in [0.15, 0.2) is 0 Å². The van der Waals surface area contributed by atoms with Crippen LogP contribution in [0.2, 0.25) is 0 Å². The molecule has 1 fully saturated rings. The number of nitrogens with two attached hydrogens (primary N) is 1. The number of hydrogen-bond donors (Lipinski definition) is 12. The Kier molecular flexibility index (Phi) is 29.1. The Morgan fingerprint density at radius 2 is 1.40 bits per heavy atom. The summed E-state index contributed by atoms with van der Waals surface area (Å²) in [6.07, 6.45) is -6.06. The first-order valence-electron chi connectivity index (χ1n) is 26.8. The summed E-state index contributed by atoms with van der Waals surface area (Å²) in [6.45, 7) is 14.8. The predicted molar refractivity (Wildman–Crippen MR) is 292 cm³/mol. The number of likely N-dealkylation sites (N-methyl/N-ethyl adjacent to an activating group) is 1. The molecule has 1 aromatic rings. The summed E-state index contributed by atoms with van der Waals surface area (Å²) in [5, 5.41) is 43.9. The van der Waals surface area contributed by atoms with E-state index in [1.807, 2.05) is 0 Å². The highest BCUT2D eigenvalue weighted by Crippen LogP contribution is 2.19. The summed E-state index contributed by atoms with van der Waals surface area (Å²) >= 11 is 6.49. The van der Waals surface area contributed by atoms with E-state index in [-0.39, 0.29) is 37.5 Å². The van der Waals surface area contributed by atoms with Crippen LogP contribution < -0.4 is 53.6 Å². The van der Waals surface area contributed by atoms with Crippen LogP contribution in [0.5, 0.6) is 0 Å². The highest BCUT2D eigenvalue weighted by Gasteiger charge is 2.40. The number of primary amides is 1. The zero-order valence-electron chi connectivity index (χ0n) is 47.5. The normalized spacial score (nSPS) is 26.8. The lowest BCUT2D eigenvalue weighted by atomic mass is 9.95. The number of halogens is 1. The predicted octanol–water partition coefficient (Wildman–Crippen LogP) is -2.19. The van der Waals surface area contributed by atoms with Crippen molar-refractivity contribution in [2.24, 2.45) is 23.5 Å². The minimum absolute atomic E-state index is 0.00746. The van der Waals surface area contributed by atoms with Crippen LogP contribution in [0.15, 0.2) is 30.3 Å². The second-order valence-corrected chi connectivity index (χ2v) is 21.8. The average molecular weight is 1150 g/mol. The Balaban J connectivity index is 2.82. The summed E-state index contributed by atoms with van der Waals surface area (Å²) in [5.74, 6) is -12.0. The fourth-order valence-corrected chi connectivity index (χ4v) is 8.78. The van der Waals surface area contributed by atoms with Crippen LogP contribution in [-0.2, 0) is 68.7 Å². The number of carbonyl (C=O) groups excluding carboxylic acids is 12. The molecule has 0 radical (unpaired) electrons. The highest BCUT2D eigenvalue weighted by molar-refractivity contribution is 6.20. The number of amides is 11. The maximum atomic E-state index is 14.4. The van der Waals surface area contributed by atoms with Crippen molar-refractivity contribution in [2.75, 3.05) is 13.6 Å². The molecule has 26 nitrogen and oxygen atoms in total. The van der Waals surface area contributed by atoms with Gasteiger partial charge in [-0.15, -0.1) is 11.6 Å². The molecule has 1 aromatic carbocycles. The number of hydrogen-bond acceptors (Lipinski definition) is 15. The van der Waals surface area contributed by atoms with Crippen molar-refractivity contribution in [3.63, 3.8) is 0 Å². The molecule has 0 unspecified atom stereocenters. The Morgan fingerprint density at radius 3 is 1.95 bits per heavy atom. The molecule has 0 bridgehead atoms. The van der Waals surface area contributed by atoms with Gasteiger partial charge in [0.05, 0.1) is 37.6 Å². The van der Waals surface area contributed by atoms with E-state index >= 15 is 0 Å². The molecule has 1 aliphatic heterocycles. The van der Waals surface area contributed by atoms with E-state index in [9.17, 15) is 67.7 Å². The van der Waals surface area contributed by atoms with Gasteiger partial charge in [-0.2, -0.15) is 0 Å². The van der Waals surface area contributed by atoms with Crippen LogP contribution >= 0.6 is 11.6 Å². The molecule has 0 spiro atoms. The smallest absolute Gasteiger partial charge is 0.328 e. The summed E-state index contributed by atoms with van der Waals surface area (Å²) < 4.78 is 5.74. The number of rotatable bonds is 17. The number of aliphatic hydroxyl groups excluding tert-OH is 2. The van der Waals surface area contributed by atoms with Gasteiger partial charge < -0.3 is 73.4 Å². The average Bonchev–Trinajstić information content (AvgIpc) is 3.37. The Hall–Kier alpha value is -6.93. The Bertz CT molecular complexity index is 2310. The lowest BCUT2D eigenvalue weighted by Crippen LogP contribution is -2.63. The molecule has 2 rings (SSSR count). The molecule has 0 saturated carbocycles. The number of nitrogens with one attached hydrogen (secondary N) is 9. The van der Waals surface area contributed by atoms with Crippen molar-refractivity contribution in [2.45, 2.75) is 192 Å². The number of alkyl halides is 1. The fraction of sp³-hybridized carbons (Fsp3) is 0.660. The molecule has 1 heterocycles. The molecular weight excluding hydrogens is 1070 g/mol. The first-order valence-corrected chi connectivity index (χ1v) is 27.2. The van der Waals surface area contributed by atoms with E-state index in [4.69, 9.17) is 22.1 Å². The lowest BCUT2D eigenvalue weighted by Gasteiger charge is -2.34. The van der Waals surface area contributed by atoms with Crippen LogP contribution in [0.3, 0.4) is 0 Å². The monoisotopic (exact) mass is 1150 g/mol. The van der Waals surface area contributed by atoms with Gasteiger partial charge in [-0.25, -0.2) is 4.79 Å². The Labute approximate surface area is 472 Å². The fourth-order valence-electron chi connectivity index (χ4n) is 8.64. The van der Waals surface area contributed by atoms with E-state index in [1.54, 1.807) is 65.0 Å². The molecule has 1 aliphatic rings. The second-order valence-electron chi connectivity index (χ2n) is 21.2. The van der Waals surface area contributed by atoms with Crippen molar-refractivity contribution < 1.29 is 72.5 Å². The van der Waals surface area contributed by atoms with E-state index in [2.05, 4.69) is 47.9 Å². The van der Waals surface area contributed by atoms with Crippen LogP contribution in [0.1, 0.15) is 113 Å². The second kappa shape index (κ2) is 33.6. The minimum atomic E-state index is -1.86. The van der Waals surface area contributed by atoms with Crippen molar-refractivity contribution in [3.8, 4) is 0 Å². The number of ether oxygens (including phenoxy) is 1. The number of benzene rings is 1. The highest BCUT2D eigenvalue weighted by atomic mass is 35.5. The molecule has 11 amide bonds. The van der Waals surface area contributed by atoms with Crippen molar-refractivity contribution in [3.05, 3.63) is 35.9 Å². The maximum Gasteiger partial charge on any atom is 0.328 e. The van der Waals surface area contributed by atoms with Gasteiger partial charge in [0.2, 0.25) is 65.5 Å². The quantitative estimate of drug-likeness (QED) is 0.0448. The van der Waals surface area contributed by atoms with Gasteiger partial charge in [-0.3, -0.25) is 52.7 Å². The van der Waals surface area contributed by atoms with E-state index in [0.717, 1.165) is 11.8 Å². The number of cyclic esters (lactones) is 1. The number of aliphatic hydroxyl groups is 2. The van der Waals surface area contributed by atoms with Crippen molar-refractivity contribution in [1.29, 1.82) is 0 Å². The third kappa shape index (κ3) is 22.7. The summed E-state index contributed by atoms with van der Waals surface area (Å²) in [7, 11) is 1.28. The van der Waals surface area contributed by atoms with Gasteiger partial charge in [0.1, 0.15) is 54.4 Å². The van der Waals surface area contributed by atoms with Gasteiger partial charge in [0, 0.05) is 24.8 Å². The van der Waals surface area contributed by atoms with E-state index < -0.39 is 168 Å². The molecule has 27 heteroatoms. The van der Waals surface area contributed by atoms with Gasteiger partial charge in [-0.1, -0.05) is 78.3 Å². The molecule has 14 atom stereocenters.